The third kappa shape index (κ3) is 6.42. The number of carbonyl (C=O) groups excluding carboxylic acids is 2. The lowest BCUT2D eigenvalue weighted by atomic mass is 10.1. The molecule has 0 spiro atoms. The summed E-state index contributed by atoms with van der Waals surface area (Å²) in [6.45, 7) is 5.03. The van der Waals surface area contributed by atoms with Crippen molar-refractivity contribution < 1.29 is 9.59 Å². The van der Waals surface area contributed by atoms with Gasteiger partial charge in [0.1, 0.15) is 6.54 Å². The van der Waals surface area contributed by atoms with E-state index in [1.807, 2.05) is 66.6 Å². The minimum atomic E-state index is -0.180. The van der Waals surface area contributed by atoms with Crippen molar-refractivity contribution in [3.05, 3.63) is 93.1 Å². The first-order chi connectivity index (χ1) is 15.0. The van der Waals surface area contributed by atoms with E-state index in [0.29, 0.717) is 23.7 Å². The molecular weight excluding hydrogens is 428 g/mol. The fourth-order valence-electron chi connectivity index (χ4n) is 3.31. The monoisotopic (exact) mass is 454 g/mol. The zero-order chi connectivity index (χ0) is 22.2. The summed E-state index contributed by atoms with van der Waals surface area (Å²) in [5.41, 5.74) is 1.55. The minimum absolute atomic E-state index is 0.0264. The number of thiophene rings is 1. The molecule has 3 aromatic rings. The highest BCUT2D eigenvalue weighted by molar-refractivity contribution is 7.09. The molecule has 0 bridgehead atoms. The van der Waals surface area contributed by atoms with Gasteiger partial charge in [0.25, 0.3) is 5.91 Å². The molecule has 162 valence electrons. The van der Waals surface area contributed by atoms with Gasteiger partial charge in [-0.1, -0.05) is 61.0 Å². The predicted molar refractivity (Wildman–Crippen MR) is 127 cm³/mol. The highest BCUT2D eigenvalue weighted by Gasteiger charge is 2.26. The summed E-state index contributed by atoms with van der Waals surface area (Å²) < 4.78 is 0. The Kier molecular flexibility index (Phi) is 8.27. The van der Waals surface area contributed by atoms with E-state index in [1.165, 1.54) is 0 Å². The number of carbonyl (C=O) groups is 2. The van der Waals surface area contributed by atoms with Gasteiger partial charge >= 0.3 is 0 Å². The zero-order valence-corrected chi connectivity index (χ0v) is 19.4. The summed E-state index contributed by atoms with van der Waals surface area (Å²) in [7, 11) is 0. The van der Waals surface area contributed by atoms with Gasteiger partial charge in [-0.15, -0.1) is 11.3 Å². The summed E-state index contributed by atoms with van der Waals surface area (Å²) in [5, 5.41) is 2.51. The van der Waals surface area contributed by atoms with E-state index in [0.717, 1.165) is 16.9 Å². The second kappa shape index (κ2) is 11.1. The molecule has 1 aromatic heterocycles. The number of rotatable bonds is 9. The van der Waals surface area contributed by atoms with Crippen LogP contribution in [-0.4, -0.2) is 34.2 Å². The van der Waals surface area contributed by atoms with Gasteiger partial charge < -0.3 is 9.80 Å². The molecule has 0 saturated carbocycles. The molecular formula is C25H27ClN2O2S. The Morgan fingerprint density at radius 2 is 1.77 bits per heavy atom. The predicted octanol–water partition coefficient (Wildman–Crippen LogP) is 5.87. The number of hydrogen-bond donors (Lipinski definition) is 0. The Labute approximate surface area is 193 Å². The van der Waals surface area contributed by atoms with Gasteiger partial charge in [-0.3, -0.25) is 9.59 Å². The molecule has 1 heterocycles. The number of hydrogen-bond acceptors (Lipinski definition) is 3. The molecule has 4 nitrogen and oxygen atoms in total. The molecule has 0 aliphatic rings. The van der Waals surface area contributed by atoms with Crippen LogP contribution in [0.15, 0.2) is 72.1 Å². The van der Waals surface area contributed by atoms with Crippen molar-refractivity contribution in [1.29, 1.82) is 0 Å². The molecule has 0 N–H and O–H groups in total. The van der Waals surface area contributed by atoms with E-state index in [9.17, 15) is 9.59 Å². The largest absolute Gasteiger partial charge is 0.332 e. The molecule has 0 aliphatic heterocycles. The third-order valence-electron chi connectivity index (χ3n) is 5.26. The molecule has 0 aliphatic carbocycles. The lowest BCUT2D eigenvalue weighted by Crippen LogP contribution is -2.46. The van der Waals surface area contributed by atoms with E-state index < -0.39 is 0 Å². The van der Waals surface area contributed by atoms with Crippen molar-refractivity contribution in [3.63, 3.8) is 0 Å². The van der Waals surface area contributed by atoms with Crippen LogP contribution in [-0.2, 0) is 17.9 Å². The Hall–Kier alpha value is -2.63. The van der Waals surface area contributed by atoms with Crippen molar-refractivity contribution in [3.8, 4) is 0 Å². The van der Waals surface area contributed by atoms with Crippen LogP contribution in [0.4, 0.5) is 0 Å². The van der Waals surface area contributed by atoms with Crippen LogP contribution in [0.2, 0.25) is 5.02 Å². The van der Waals surface area contributed by atoms with Gasteiger partial charge in [-0.05, 0) is 48.6 Å². The van der Waals surface area contributed by atoms with Crippen LogP contribution < -0.4 is 0 Å². The van der Waals surface area contributed by atoms with Gasteiger partial charge in [0, 0.05) is 28.0 Å². The molecule has 6 heteroatoms. The van der Waals surface area contributed by atoms with Crippen molar-refractivity contribution in [2.24, 2.45) is 0 Å². The normalized spacial score (nSPS) is 11.7. The highest BCUT2D eigenvalue weighted by Crippen LogP contribution is 2.18. The molecule has 1 atom stereocenters. The Morgan fingerprint density at radius 3 is 2.42 bits per heavy atom. The maximum atomic E-state index is 13.4. The number of benzene rings is 2. The standard InChI is InChI=1S/C25H27ClN2O2S/c1-3-19(2)28(25(30)21-11-7-12-22(26)15-21)18-24(29)27(17-23-13-8-14-31-23)16-20-9-5-4-6-10-20/h4-15,19H,3,16-18H2,1-2H3/t19-/m0/s1. The van der Waals surface area contributed by atoms with Crippen LogP contribution in [0.3, 0.4) is 0 Å². The van der Waals surface area contributed by atoms with E-state index in [2.05, 4.69) is 0 Å². The highest BCUT2D eigenvalue weighted by atomic mass is 35.5. The lowest BCUT2D eigenvalue weighted by Gasteiger charge is -2.31. The first-order valence-corrected chi connectivity index (χ1v) is 11.6. The van der Waals surface area contributed by atoms with Crippen molar-refractivity contribution >= 4 is 34.8 Å². The molecule has 3 rings (SSSR count). The zero-order valence-electron chi connectivity index (χ0n) is 17.8. The molecule has 2 amide bonds. The van der Waals surface area contributed by atoms with E-state index in [4.69, 9.17) is 11.6 Å². The molecule has 0 radical (unpaired) electrons. The van der Waals surface area contributed by atoms with Crippen LogP contribution in [0.5, 0.6) is 0 Å². The van der Waals surface area contributed by atoms with Crippen LogP contribution in [0.1, 0.15) is 41.1 Å². The Morgan fingerprint density at radius 1 is 1.00 bits per heavy atom. The Balaban J connectivity index is 1.82. The molecule has 31 heavy (non-hydrogen) atoms. The maximum Gasteiger partial charge on any atom is 0.254 e. The van der Waals surface area contributed by atoms with Crippen LogP contribution >= 0.6 is 22.9 Å². The Bertz CT molecular complexity index is 992. The lowest BCUT2D eigenvalue weighted by molar-refractivity contribution is -0.133. The van der Waals surface area contributed by atoms with Gasteiger partial charge in [-0.25, -0.2) is 0 Å². The number of nitrogens with zero attached hydrogens (tertiary/aromatic N) is 2. The topological polar surface area (TPSA) is 40.6 Å². The molecule has 0 saturated heterocycles. The van der Waals surface area contributed by atoms with Gasteiger partial charge in [0.05, 0.1) is 6.54 Å². The SMILES string of the molecule is CC[C@H](C)N(CC(=O)N(Cc1ccccc1)Cc1cccs1)C(=O)c1cccc(Cl)c1. The van der Waals surface area contributed by atoms with E-state index in [1.54, 1.807) is 40.5 Å². The molecule has 0 unspecified atom stereocenters. The van der Waals surface area contributed by atoms with E-state index in [-0.39, 0.29) is 24.4 Å². The van der Waals surface area contributed by atoms with E-state index >= 15 is 0 Å². The average molecular weight is 455 g/mol. The number of halogens is 1. The van der Waals surface area contributed by atoms with Gasteiger partial charge in [-0.2, -0.15) is 0 Å². The average Bonchev–Trinajstić information content (AvgIpc) is 3.30. The first kappa shape index (κ1) is 23.0. The smallest absolute Gasteiger partial charge is 0.254 e. The fourth-order valence-corrected chi connectivity index (χ4v) is 4.22. The first-order valence-electron chi connectivity index (χ1n) is 10.4. The molecule has 2 aromatic carbocycles. The third-order valence-corrected chi connectivity index (χ3v) is 6.35. The van der Waals surface area contributed by atoms with Crippen molar-refractivity contribution in [1.82, 2.24) is 9.80 Å². The van der Waals surface area contributed by atoms with Crippen LogP contribution in [0, 0.1) is 0 Å². The second-order valence-electron chi connectivity index (χ2n) is 7.52. The maximum absolute atomic E-state index is 13.4. The summed E-state index contributed by atoms with van der Waals surface area (Å²) in [4.78, 5) is 31.2. The van der Waals surface area contributed by atoms with Gasteiger partial charge in [0.2, 0.25) is 5.91 Å². The fraction of sp³-hybridized carbons (Fsp3) is 0.280. The minimum Gasteiger partial charge on any atom is -0.332 e. The molecule has 0 fully saturated rings. The number of amides is 2. The quantitative estimate of drug-likeness (QED) is 0.405. The summed E-state index contributed by atoms with van der Waals surface area (Å²) in [6, 6.07) is 20.7. The second-order valence-corrected chi connectivity index (χ2v) is 8.98. The summed E-state index contributed by atoms with van der Waals surface area (Å²) in [6.07, 6.45) is 0.753. The van der Waals surface area contributed by atoms with Crippen LogP contribution in [0.25, 0.3) is 0 Å². The van der Waals surface area contributed by atoms with Crippen molar-refractivity contribution in [2.45, 2.75) is 39.4 Å². The van der Waals surface area contributed by atoms with Crippen molar-refractivity contribution in [2.75, 3.05) is 6.54 Å². The summed E-state index contributed by atoms with van der Waals surface area (Å²) >= 11 is 7.71. The summed E-state index contributed by atoms with van der Waals surface area (Å²) in [5.74, 6) is -0.256. The van der Waals surface area contributed by atoms with Gasteiger partial charge in [0.15, 0.2) is 0 Å².